The van der Waals surface area contributed by atoms with Crippen molar-refractivity contribution < 1.29 is 33.4 Å². The third-order valence-corrected chi connectivity index (χ3v) is 4.45. The van der Waals surface area contributed by atoms with E-state index in [2.05, 4.69) is 10.6 Å². The van der Waals surface area contributed by atoms with Crippen molar-refractivity contribution in [3.63, 3.8) is 0 Å². The van der Waals surface area contributed by atoms with Gasteiger partial charge in [-0.25, -0.2) is 4.79 Å². The highest BCUT2D eigenvalue weighted by Gasteiger charge is 2.12. The summed E-state index contributed by atoms with van der Waals surface area (Å²) in [6.45, 7) is 5.13. The van der Waals surface area contributed by atoms with Gasteiger partial charge in [-0.3, -0.25) is 19.2 Å². The van der Waals surface area contributed by atoms with Crippen molar-refractivity contribution in [2.45, 2.75) is 33.6 Å². The summed E-state index contributed by atoms with van der Waals surface area (Å²) in [7, 11) is 0. The molecular weight excluding hydrogens is 440 g/mol. The zero-order valence-corrected chi connectivity index (χ0v) is 19.4. The summed E-state index contributed by atoms with van der Waals surface area (Å²) in [5.74, 6) is -1.95. The highest BCUT2D eigenvalue weighted by Crippen LogP contribution is 2.12. The number of hydrogen-bond donors (Lipinski definition) is 2. The fourth-order valence-electron chi connectivity index (χ4n) is 2.66. The van der Waals surface area contributed by atoms with E-state index in [9.17, 15) is 24.0 Å². The molecule has 0 unspecified atom stereocenters. The largest absolute Gasteiger partial charge is 0.462 e. The molecule has 0 aliphatic heterocycles. The second kappa shape index (κ2) is 12.9. The minimum absolute atomic E-state index is 0.0801. The Kier molecular flexibility index (Phi) is 9.94. The van der Waals surface area contributed by atoms with Crippen LogP contribution < -0.4 is 10.6 Å². The van der Waals surface area contributed by atoms with Gasteiger partial charge in [-0.1, -0.05) is 13.8 Å². The Labute approximate surface area is 197 Å². The highest BCUT2D eigenvalue weighted by atomic mass is 16.5. The smallest absolute Gasteiger partial charge is 0.338 e. The highest BCUT2D eigenvalue weighted by molar-refractivity contribution is 5.97. The van der Waals surface area contributed by atoms with Crippen LogP contribution in [0.5, 0.6) is 0 Å². The minimum atomic E-state index is -0.694. The van der Waals surface area contributed by atoms with Crippen LogP contribution in [0.1, 0.15) is 54.3 Å². The van der Waals surface area contributed by atoms with E-state index in [1.54, 1.807) is 36.4 Å². The summed E-state index contributed by atoms with van der Waals surface area (Å²) in [4.78, 5) is 59.0. The normalized spacial score (nSPS) is 10.4. The topological polar surface area (TPSA) is 128 Å². The molecule has 0 radical (unpaired) electrons. The summed E-state index contributed by atoms with van der Waals surface area (Å²) in [6, 6.07) is 12.5. The molecule has 0 saturated carbocycles. The maximum absolute atomic E-state index is 12.0. The lowest BCUT2D eigenvalue weighted by molar-refractivity contribution is -0.147. The minimum Gasteiger partial charge on any atom is -0.462 e. The number of benzene rings is 2. The first-order valence-corrected chi connectivity index (χ1v) is 10.8. The van der Waals surface area contributed by atoms with Crippen LogP contribution in [-0.2, 0) is 23.9 Å². The Balaban J connectivity index is 1.69. The van der Waals surface area contributed by atoms with Crippen LogP contribution in [0.25, 0.3) is 0 Å². The summed E-state index contributed by atoms with van der Waals surface area (Å²) < 4.78 is 10.0. The molecule has 0 aromatic heterocycles. The van der Waals surface area contributed by atoms with E-state index in [0.29, 0.717) is 29.1 Å². The molecule has 180 valence electrons. The predicted octanol–water partition coefficient (Wildman–Crippen LogP) is 3.60. The quantitative estimate of drug-likeness (QED) is 0.381. The molecule has 0 fully saturated rings. The molecule has 2 amide bonds. The van der Waals surface area contributed by atoms with Gasteiger partial charge in [0.05, 0.1) is 18.6 Å². The molecule has 2 N–H and O–H groups in total. The molecule has 9 heteroatoms. The molecule has 0 heterocycles. The second-order valence-electron chi connectivity index (χ2n) is 7.96. The Hall–Kier alpha value is -4.01. The number of esters is 2. The van der Waals surface area contributed by atoms with Gasteiger partial charge in [0.1, 0.15) is 0 Å². The van der Waals surface area contributed by atoms with Crippen molar-refractivity contribution >= 4 is 40.9 Å². The van der Waals surface area contributed by atoms with Crippen LogP contribution in [0.15, 0.2) is 48.5 Å². The van der Waals surface area contributed by atoms with Gasteiger partial charge in [0.25, 0.3) is 5.91 Å². The fraction of sp³-hybridized carbons (Fsp3) is 0.320. The first-order valence-electron chi connectivity index (χ1n) is 10.8. The summed E-state index contributed by atoms with van der Waals surface area (Å²) >= 11 is 0. The zero-order chi connectivity index (χ0) is 25.1. The third-order valence-electron chi connectivity index (χ3n) is 4.45. The number of carbonyl (C=O) groups excluding carboxylic acids is 5. The number of anilines is 2. The van der Waals surface area contributed by atoms with Crippen molar-refractivity contribution in [2.24, 2.45) is 5.92 Å². The number of hydrogen-bond acceptors (Lipinski definition) is 7. The second-order valence-corrected chi connectivity index (χ2v) is 7.96. The monoisotopic (exact) mass is 468 g/mol. The summed E-state index contributed by atoms with van der Waals surface area (Å²) in [6.07, 6.45) is -0.318. The maximum Gasteiger partial charge on any atom is 0.338 e. The molecule has 0 atom stereocenters. The average molecular weight is 469 g/mol. The van der Waals surface area contributed by atoms with E-state index in [1.807, 2.05) is 13.8 Å². The number of carbonyl (C=O) groups is 5. The Morgan fingerprint density at radius 2 is 1.26 bits per heavy atom. The van der Waals surface area contributed by atoms with Crippen LogP contribution in [0.3, 0.4) is 0 Å². The van der Waals surface area contributed by atoms with Crippen molar-refractivity contribution in [3.05, 3.63) is 59.7 Å². The van der Waals surface area contributed by atoms with Gasteiger partial charge in [0.2, 0.25) is 5.91 Å². The molecule has 0 bridgehead atoms. The van der Waals surface area contributed by atoms with Crippen LogP contribution in [0, 0.1) is 5.92 Å². The van der Waals surface area contributed by atoms with Gasteiger partial charge in [-0.05, 0) is 61.4 Å². The fourth-order valence-corrected chi connectivity index (χ4v) is 2.66. The average Bonchev–Trinajstić information content (AvgIpc) is 2.80. The molecule has 0 aliphatic carbocycles. The Morgan fingerprint density at radius 3 is 1.79 bits per heavy atom. The Bertz CT molecular complexity index is 1030. The van der Waals surface area contributed by atoms with Crippen molar-refractivity contribution in [2.75, 3.05) is 23.8 Å². The number of ether oxygens (including phenoxy) is 2. The van der Waals surface area contributed by atoms with E-state index < -0.39 is 30.4 Å². The van der Waals surface area contributed by atoms with Gasteiger partial charge >= 0.3 is 11.9 Å². The van der Waals surface area contributed by atoms with Crippen LogP contribution in [0.4, 0.5) is 11.4 Å². The van der Waals surface area contributed by atoms with Crippen LogP contribution >= 0.6 is 0 Å². The molecular formula is C25H28N2O7. The molecule has 2 aromatic rings. The Morgan fingerprint density at radius 1 is 0.735 bits per heavy atom. The molecule has 0 saturated heterocycles. The van der Waals surface area contributed by atoms with Gasteiger partial charge in [-0.15, -0.1) is 0 Å². The van der Waals surface area contributed by atoms with Gasteiger partial charge in [-0.2, -0.15) is 0 Å². The molecule has 0 aliphatic rings. The molecule has 9 nitrogen and oxygen atoms in total. The van der Waals surface area contributed by atoms with Crippen LogP contribution in [0.2, 0.25) is 0 Å². The lowest BCUT2D eigenvalue weighted by Gasteiger charge is -2.09. The van der Waals surface area contributed by atoms with Crippen molar-refractivity contribution in [1.82, 2.24) is 0 Å². The SMILES string of the molecule is CC(=O)c1ccc(NC(=O)CCC(=O)OCC(=O)Nc2ccc(C(=O)OCC(C)C)cc2)cc1. The molecule has 2 rings (SSSR count). The van der Waals surface area contributed by atoms with Gasteiger partial charge in [0.15, 0.2) is 12.4 Å². The van der Waals surface area contributed by atoms with Crippen molar-refractivity contribution in [3.8, 4) is 0 Å². The lowest BCUT2D eigenvalue weighted by Crippen LogP contribution is -2.21. The number of ketones is 1. The van der Waals surface area contributed by atoms with E-state index in [0.717, 1.165) is 0 Å². The third kappa shape index (κ3) is 9.23. The van der Waals surface area contributed by atoms with E-state index >= 15 is 0 Å². The zero-order valence-electron chi connectivity index (χ0n) is 19.4. The van der Waals surface area contributed by atoms with E-state index in [4.69, 9.17) is 9.47 Å². The standard InChI is InChI=1S/C25H28N2O7/c1-16(2)14-34-25(32)19-6-10-21(11-7-19)27-23(30)15-33-24(31)13-12-22(29)26-20-8-4-18(5-9-20)17(3)28/h4-11,16H,12-15H2,1-3H3,(H,26,29)(H,27,30). The van der Waals surface area contributed by atoms with E-state index in [-0.39, 0.29) is 24.5 Å². The number of Topliss-reactive ketones (excluding diaryl/α,β-unsaturated/α-hetero) is 1. The first-order chi connectivity index (χ1) is 16.1. The predicted molar refractivity (Wildman–Crippen MR) is 125 cm³/mol. The number of amides is 2. The van der Waals surface area contributed by atoms with E-state index in [1.165, 1.54) is 19.1 Å². The van der Waals surface area contributed by atoms with Gasteiger partial charge < -0.3 is 20.1 Å². The van der Waals surface area contributed by atoms with Gasteiger partial charge in [0, 0.05) is 23.4 Å². The summed E-state index contributed by atoms with van der Waals surface area (Å²) in [5.41, 5.74) is 1.82. The molecule has 34 heavy (non-hydrogen) atoms. The van der Waals surface area contributed by atoms with Crippen molar-refractivity contribution in [1.29, 1.82) is 0 Å². The molecule has 2 aromatic carbocycles. The lowest BCUT2D eigenvalue weighted by atomic mass is 10.1. The number of rotatable bonds is 11. The first kappa shape index (κ1) is 26.2. The molecule has 0 spiro atoms. The summed E-state index contributed by atoms with van der Waals surface area (Å²) in [5, 5.41) is 5.17. The maximum atomic E-state index is 12.0. The van der Waals surface area contributed by atoms with Crippen LogP contribution in [-0.4, -0.2) is 42.7 Å². The number of nitrogens with one attached hydrogen (secondary N) is 2.